The number of halogens is 4. The van der Waals surface area contributed by atoms with Crippen LogP contribution in [0.5, 0.6) is 11.5 Å². The third-order valence-corrected chi connectivity index (χ3v) is 6.92. The number of anilines is 1. The van der Waals surface area contributed by atoms with Crippen molar-refractivity contribution in [3.05, 3.63) is 83.5 Å². The zero-order chi connectivity index (χ0) is 24.8. The maximum atomic E-state index is 14.7. The molecule has 3 aromatic rings. The van der Waals surface area contributed by atoms with E-state index in [1.165, 1.54) is 42.9 Å². The molecule has 2 aliphatic rings. The molecule has 2 aromatic heterocycles. The molecule has 3 atom stereocenters. The van der Waals surface area contributed by atoms with Gasteiger partial charge >= 0.3 is 0 Å². The fraction of sp³-hybridized carbons (Fsp3) is 0.320. The average Bonchev–Trinajstić information content (AvgIpc) is 3.53. The Kier molecular flexibility index (Phi) is 5.61. The number of carbonyl (C=O) groups excluding carboxylic acids is 1. The molecule has 1 spiro atoms. The van der Waals surface area contributed by atoms with Gasteiger partial charge in [-0.3, -0.25) is 4.79 Å². The molecule has 0 saturated heterocycles. The van der Waals surface area contributed by atoms with Gasteiger partial charge in [0.2, 0.25) is 5.91 Å². The molecular weight excluding hydrogens is 466 g/mol. The summed E-state index contributed by atoms with van der Waals surface area (Å²) in [5.41, 5.74) is -0.120. The number of aromatic nitrogens is 2. The SMILES string of the molecule is O=C(Nc1ccc(Oc2ccc(F)cc2F)cn1)[C@@H]1C[C@]12CCC(F)(F)[C@@H](c1cc[n+]([O-])cc1)C2. The minimum atomic E-state index is -2.91. The van der Waals surface area contributed by atoms with Gasteiger partial charge in [-0.25, -0.2) is 22.5 Å². The predicted octanol–water partition coefficient (Wildman–Crippen LogP) is 5.33. The van der Waals surface area contributed by atoms with Crippen molar-refractivity contribution in [3.8, 4) is 11.5 Å². The number of hydrogen-bond donors (Lipinski definition) is 1. The summed E-state index contributed by atoms with van der Waals surface area (Å²) in [5, 5.41) is 14.0. The predicted molar refractivity (Wildman–Crippen MR) is 117 cm³/mol. The van der Waals surface area contributed by atoms with Crippen LogP contribution in [0, 0.1) is 28.2 Å². The van der Waals surface area contributed by atoms with E-state index in [1.807, 2.05) is 0 Å². The van der Waals surface area contributed by atoms with E-state index in [4.69, 9.17) is 4.74 Å². The Labute approximate surface area is 198 Å². The molecule has 10 heteroatoms. The van der Waals surface area contributed by atoms with Gasteiger partial charge in [-0.05, 0) is 54.5 Å². The summed E-state index contributed by atoms with van der Waals surface area (Å²) in [7, 11) is 0. The van der Waals surface area contributed by atoms with Crippen LogP contribution in [0.1, 0.15) is 37.2 Å². The Balaban J connectivity index is 1.23. The van der Waals surface area contributed by atoms with Crippen LogP contribution in [0.25, 0.3) is 0 Å². The highest BCUT2D eigenvalue weighted by atomic mass is 19.3. The van der Waals surface area contributed by atoms with Crippen molar-refractivity contribution < 1.29 is 31.8 Å². The van der Waals surface area contributed by atoms with Gasteiger partial charge in [-0.1, -0.05) is 0 Å². The Morgan fingerprint density at radius 3 is 2.54 bits per heavy atom. The Morgan fingerprint density at radius 2 is 1.86 bits per heavy atom. The van der Waals surface area contributed by atoms with E-state index >= 15 is 0 Å². The van der Waals surface area contributed by atoms with E-state index in [2.05, 4.69) is 10.3 Å². The highest BCUT2D eigenvalue weighted by Gasteiger charge is 2.64. The lowest BCUT2D eigenvalue weighted by Gasteiger charge is -2.37. The summed E-state index contributed by atoms with van der Waals surface area (Å²) in [6, 6.07) is 8.69. The number of hydrogen-bond acceptors (Lipinski definition) is 4. The first kappa shape index (κ1) is 23.1. The summed E-state index contributed by atoms with van der Waals surface area (Å²) < 4.78 is 62.1. The van der Waals surface area contributed by atoms with Crippen molar-refractivity contribution in [3.63, 3.8) is 0 Å². The molecule has 1 N–H and O–H groups in total. The number of nitrogens with zero attached hydrogens (tertiary/aromatic N) is 2. The molecule has 2 heterocycles. The van der Waals surface area contributed by atoms with Gasteiger partial charge in [0.1, 0.15) is 17.4 Å². The topological polar surface area (TPSA) is 78.2 Å². The van der Waals surface area contributed by atoms with Crippen LogP contribution in [0.4, 0.5) is 23.4 Å². The van der Waals surface area contributed by atoms with Gasteiger partial charge in [0, 0.05) is 36.5 Å². The van der Waals surface area contributed by atoms with Crippen LogP contribution in [0.15, 0.2) is 61.1 Å². The lowest BCUT2D eigenvalue weighted by atomic mass is 9.72. The molecule has 2 fully saturated rings. The van der Waals surface area contributed by atoms with Crippen LogP contribution >= 0.6 is 0 Å². The second-order valence-electron chi connectivity index (χ2n) is 9.17. The van der Waals surface area contributed by atoms with Crippen LogP contribution in [0.2, 0.25) is 0 Å². The van der Waals surface area contributed by atoms with E-state index in [-0.39, 0.29) is 42.5 Å². The first-order chi connectivity index (χ1) is 16.6. The maximum absolute atomic E-state index is 14.7. The Bertz CT molecular complexity index is 1250. The molecule has 6 nitrogen and oxygen atoms in total. The van der Waals surface area contributed by atoms with Crippen LogP contribution in [-0.2, 0) is 4.79 Å². The summed E-state index contributed by atoms with van der Waals surface area (Å²) in [6.45, 7) is 0. The molecular formula is C25H21F4N3O3. The molecule has 0 unspecified atom stereocenters. The monoisotopic (exact) mass is 487 g/mol. The van der Waals surface area contributed by atoms with E-state index in [0.717, 1.165) is 12.1 Å². The number of carbonyl (C=O) groups is 1. The van der Waals surface area contributed by atoms with E-state index in [0.29, 0.717) is 22.8 Å². The van der Waals surface area contributed by atoms with Crippen molar-refractivity contribution in [2.24, 2.45) is 11.3 Å². The standard InChI is InChI=1S/C25H21F4N3O3/c26-16-1-3-21(20(27)11-16)35-17-2-4-22(30-14-17)31-23(33)19-13-24(19)7-8-25(28,29)18(12-24)15-5-9-32(34)10-6-15/h1-6,9-11,14,18-19H,7-8,12-13H2,(H,30,31,33)/t18-,19+,24-/m1/s1. The number of alkyl halides is 2. The second-order valence-corrected chi connectivity index (χ2v) is 9.17. The molecule has 0 aliphatic heterocycles. The normalized spacial score (nSPS) is 24.7. The van der Waals surface area contributed by atoms with Crippen molar-refractivity contribution in [1.82, 2.24) is 4.98 Å². The number of rotatable bonds is 5. The number of amides is 1. The smallest absolute Gasteiger partial charge is 0.254 e. The summed E-state index contributed by atoms with van der Waals surface area (Å²) in [4.78, 5) is 16.9. The van der Waals surface area contributed by atoms with Gasteiger partial charge < -0.3 is 15.3 Å². The van der Waals surface area contributed by atoms with Crippen molar-refractivity contribution in [2.45, 2.75) is 37.5 Å². The highest BCUT2D eigenvalue weighted by molar-refractivity contribution is 5.94. The zero-order valence-corrected chi connectivity index (χ0v) is 18.4. The lowest BCUT2D eigenvalue weighted by Crippen LogP contribution is -2.36. The number of benzene rings is 1. The molecule has 35 heavy (non-hydrogen) atoms. The van der Waals surface area contributed by atoms with E-state index in [9.17, 15) is 27.6 Å². The van der Waals surface area contributed by atoms with Gasteiger partial charge in [0.05, 0.1) is 6.20 Å². The second kappa shape index (κ2) is 8.51. The molecule has 182 valence electrons. The number of pyridine rings is 2. The zero-order valence-electron chi connectivity index (χ0n) is 18.4. The molecule has 2 aliphatic carbocycles. The molecule has 0 radical (unpaired) electrons. The van der Waals surface area contributed by atoms with Gasteiger partial charge in [-0.15, -0.1) is 0 Å². The fourth-order valence-electron chi connectivity index (χ4n) is 4.90. The van der Waals surface area contributed by atoms with Crippen LogP contribution < -0.4 is 14.8 Å². The minimum absolute atomic E-state index is 0.157. The minimum Gasteiger partial charge on any atom is -0.619 e. The lowest BCUT2D eigenvalue weighted by molar-refractivity contribution is -0.605. The largest absolute Gasteiger partial charge is 0.619 e. The highest BCUT2D eigenvalue weighted by Crippen LogP contribution is 2.66. The summed E-state index contributed by atoms with van der Waals surface area (Å²) >= 11 is 0. The first-order valence-electron chi connectivity index (χ1n) is 11.1. The maximum Gasteiger partial charge on any atom is 0.254 e. The van der Waals surface area contributed by atoms with E-state index < -0.39 is 34.8 Å². The molecule has 0 bridgehead atoms. The molecule has 1 amide bonds. The van der Waals surface area contributed by atoms with Crippen molar-refractivity contribution >= 4 is 11.7 Å². The van der Waals surface area contributed by atoms with Crippen LogP contribution in [0.3, 0.4) is 0 Å². The van der Waals surface area contributed by atoms with Crippen molar-refractivity contribution in [1.29, 1.82) is 0 Å². The molecule has 1 aromatic carbocycles. The first-order valence-corrected chi connectivity index (χ1v) is 11.1. The number of nitrogens with one attached hydrogen (secondary N) is 1. The molecule has 5 rings (SSSR count). The molecule has 2 saturated carbocycles. The Hall–Kier alpha value is -3.69. The van der Waals surface area contributed by atoms with Gasteiger partial charge in [0.15, 0.2) is 24.0 Å². The van der Waals surface area contributed by atoms with Crippen LogP contribution in [-0.4, -0.2) is 16.8 Å². The van der Waals surface area contributed by atoms with E-state index in [1.54, 1.807) is 0 Å². The van der Waals surface area contributed by atoms with Gasteiger partial charge in [-0.2, -0.15) is 4.73 Å². The van der Waals surface area contributed by atoms with Crippen molar-refractivity contribution in [2.75, 3.05) is 5.32 Å². The summed E-state index contributed by atoms with van der Waals surface area (Å²) in [6.07, 6.45) is 4.27. The Morgan fingerprint density at radius 1 is 1.09 bits per heavy atom. The average molecular weight is 487 g/mol. The third kappa shape index (κ3) is 4.65. The third-order valence-electron chi connectivity index (χ3n) is 6.92. The quantitative estimate of drug-likeness (QED) is 0.300. The van der Waals surface area contributed by atoms with Gasteiger partial charge in [0.25, 0.3) is 5.92 Å². The fourth-order valence-corrected chi connectivity index (χ4v) is 4.90. The number of ether oxygens (including phenoxy) is 1. The summed E-state index contributed by atoms with van der Waals surface area (Å²) in [5.74, 6) is -6.01.